The fraction of sp³-hybridized carbons (Fsp3) is 0.227. The topological polar surface area (TPSA) is 73.7 Å². The summed E-state index contributed by atoms with van der Waals surface area (Å²) >= 11 is 1.30. The molecule has 0 radical (unpaired) electrons. The SMILES string of the molecule is COc1ccc(CN(C)C(=O)COC(=O)c2cnc(SC)n2-c2ccc(F)cc2)cc1F. The maximum atomic E-state index is 13.8. The molecule has 32 heavy (non-hydrogen) atoms. The summed E-state index contributed by atoms with van der Waals surface area (Å²) in [6.07, 6.45) is 3.13. The lowest BCUT2D eigenvalue weighted by molar-refractivity contribution is -0.133. The van der Waals surface area contributed by atoms with Gasteiger partial charge >= 0.3 is 5.97 Å². The molecule has 1 amide bonds. The normalized spacial score (nSPS) is 10.7. The second kappa shape index (κ2) is 10.3. The van der Waals surface area contributed by atoms with Crippen LogP contribution in [0, 0.1) is 11.6 Å². The van der Waals surface area contributed by atoms with Crippen molar-refractivity contribution in [2.75, 3.05) is 27.0 Å². The van der Waals surface area contributed by atoms with Crippen LogP contribution >= 0.6 is 11.8 Å². The highest BCUT2D eigenvalue weighted by molar-refractivity contribution is 7.98. The second-order valence-corrected chi connectivity index (χ2v) is 7.51. The molecule has 3 rings (SSSR count). The van der Waals surface area contributed by atoms with E-state index >= 15 is 0 Å². The summed E-state index contributed by atoms with van der Waals surface area (Å²) in [5.74, 6) is -2.05. The molecular weight excluding hydrogens is 440 g/mol. The fourth-order valence-corrected chi connectivity index (χ4v) is 3.49. The van der Waals surface area contributed by atoms with Gasteiger partial charge in [0.1, 0.15) is 5.82 Å². The predicted octanol–water partition coefficient (Wildman–Crippen LogP) is 3.70. The van der Waals surface area contributed by atoms with E-state index < -0.39 is 30.1 Å². The Morgan fingerprint density at radius 2 is 1.88 bits per heavy atom. The van der Waals surface area contributed by atoms with Gasteiger partial charge in [0.25, 0.3) is 5.91 Å². The Morgan fingerprint density at radius 3 is 2.50 bits per heavy atom. The number of methoxy groups -OCH3 is 1. The molecule has 7 nitrogen and oxygen atoms in total. The van der Waals surface area contributed by atoms with Gasteiger partial charge < -0.3 is 14.4 Å². The lowest BCUT2D eigenvalue weighted by atomic mass is 10.2. The number of amides is 1. The van der Waals surface area contributed by atoms with E-state index in [9.17, 15) is 18.4 Å². The largest absolute Gasteiger partial charge is 0.494 e. The third-order valence-electron chi connectivity index (χ3n) is 4.59. The number of halogens is 2. The van der Waals surface area contributed by atoms with Crippen molar-refractivity contribution in [3.63, 3.8) is 0 Å². The molecule has 168 valence electrons. The first-order valence-corrected chi connectivity index (χ1v) is 10.7. The van der Waals surface area contributed by atoms with Gasteiger partial charge in [-0.3, -0.25) is 9.36 Å². The van der Waals surface area contributed by atoms with Crippen LogP contribution in [0.25, 0.3) is 5.69 Å². The predicted molar refractivity (Wildman–Crippen MR) is 115 cm³/mol. The van der Waals surface area contributed by atoms with Crippen molar-refractivity contribution in [2.45, 2.75) is 11.7 Å². The summed E-state index contributed by atoms with van der Waals surface area (Å²) in [5, 5.41) is 0.508. The monoisotopic (exact) mass is 461 g/mol. The number of likely N-dealkylation sites (N-methyl/N-ethyl adjacent to an activating group) is 1. The molecule has 0 saturated carbocycles. The Kier molecular flexibility index (Phi) is 7.47. The second-order valence-electron chi connectivity index (χ2n) is 6.74. The molecule has 0 aliphatic carbocycles. The van der Waals surface area contributed by atoms with Crippen molar-refractivity contribution in [2.24, 2.45) is 0 Å². The molecule has 0 aliphatic heterocycles. The Bertz CT molecular complexity index is 1120. The van der Waals surface area contributed by atoms with Crippen molar-refractivity contribution < 1.29 is 27.8 Å². The van der Waals surface area contributed by atoms with E-state index in [1.165, 1.54) is 78.0 Å². The highest BCUT2D eigenvalue weighted by atomic mass is 32.2. The smallest absolute Gasteiger partial charge is 0.357 e. The molecular formula is C22H21F2N3O4S. The van der Waals surface area contributed by atoms with Crippen molar-refractivity contribution in [3.05, 3.63) is 71.6 Å². The number of thioether (sulfide) groups is 1. The van der Waals surface area contributed by atoms with Crippen molar-refractivity contribution >= 4 is 23.6 Å². The molecule has 3 aromatic rings. The highest BCUT2D eigenvalue weighted by Gasteiger charge is 2.21. The molecule has 0 unspecified atom stereocenters. The van der Waals surface area contributed by atoms with Crippen molar-refractivity contribution in [1.29, 1.82) is 0 Å². The number of imidazole rings is 1. The van der Waals surface area contributed by atoms with Gasteiger partial charge in [-0.05, 0) is 48.2 Å². The quantitative estimate of drug-likeness (QED) is 0.376. The number of nitrogens with zero attached hydrogens (tertiary/aromatic N) is 3. The Hall–Kier alpha value is -3.40. The minimum Gasteiger partial charge on any atom is -0.494 e. The number of esters is 1. The van der Waals surface area contributed by atoms with Crippen molar-refractivity contribution in [3.8, 4) is 11.4 Å². The first-order chi connectivity index (χ1) is 15.3. The number of aromatic nitrogens is 2. The van der Waals surface area contributed by atoms with E-state index in [0.29, 0.717) is 16.4 Å². The van der Waals surface area contributed by atoms with Crippen LogP contribution < -0.4 is 4.74 Å². The molecule has 0 N–H and O–H groups in total. The van der Waals surface area contributed by atoms with Gasteiger partial charge in [0.15, 0.2) is 29.0 Å². The van der Waals surface area contributed by atoms with E-state index in [1.807, 2.05) is 0 Å². The molecule has 10 heteroatoms. The molecule has 0 bridgehead atoms. The average Bonchev–Trinajstić information content (AvgIpc) is 3.22. The molecule has 0 spiro atoms. The molecule has 0 saturated heterocycles. The first kappa shape index (κ1) is 23.3. The fourth-order valence-electron chi connectivity index (χ4n) is 2.94. The van der Waals surface area contributed by atoms with Crippen LogP contribution in [0.1, 0.15) is 16.1 Å². The molecule has 1 aromatic heterocycles. The summed E-state index contributed by atoms with van der Waals surface area (Å²) in [7, 11) is 2.89. The molecule has 0 aliphatic rings. The standard InChI is InChI=1S/C22H21F2N3O4S/c1-26(12-14-4-9-19(30-2)17(24)10-14)20(28)13-31-21(29)18-11-25-22(32-3)27(18)16-7-5-15(23)6-8-16/h4-11H,12-13H2,1-3H3. The van der Waals surface area contributed by atoms with E-state index in [-0.39, 0.29) is 18.0 Å². The van der Waals surface area contributed by atoms with Gasteiger partial charge in [-0.15, -0.1) is 0 Å². The summed E-state index contributed by atoms with van der Waals surface area (Å²) in [6, 6.07) is 9.97. The summed E-state index contributed by atoms with van der Waals surface area (Å²) in [6.45, 7) is -0.376. The van der Waals surface area contributed by atoms with Gasteiger partial charge in [0.2, 0.25) is 0 Å². The zero-order valence-corrected chi connectivity index (χ0v) is 18.5. The van der Waals surface area contributed by atoms with Crippen LogP contribution in [-0.4, -0.2) is 53.3 Å². The summed E-state index contributed by atoms with van der Waals surface area (Å²) in [4.78, 5) is 30.5. The molecule has 0 fully saturated rings. The number of hydrogen-bond donors (Lipinski definition) is 0. The lowest BCUT2D eigenvalue weighted by Crippen LogP contribution is -2.31. The van der Waals surface area contributed by atoms with Crippen LogP contribution in [0.3, 0.4) is 0 Å². The Balaban J connectivity index is 1.66. The summed E-state index contributed by atoms with van der Waals surface area (Å²) < 4.78 is 38.7. The van der Waals surface area contributed by atoms with Crippen LogP contribution in [0.15, 0.2) is 53.8 Å². The van der Waals surface area contributed by atoms with E-state index in [0.717, 1.165) is 0 Å². The number of carbonyl (C=O) groups excluding carboxylic acids is 2. The van der Waals surface area contributed by atoms with E-state index in [1.54, 1.807) is 12.3 Å². The van der Waals surface area contributed by atoms with Gasteiger partial charge in [0.05, 0.1) is 13.3 Å². The number of ether oxygens (including phenoxy) is 2. The summed E-state index contributed by atoms with van der Waals surface area (Å²) in [5.41, 5.74) is 1.20. The van der Waals surface area contributed by atoms with Crippen LogP contribution in [-0.2, 0) is 16.1 Å². The first-order valence-electron chi connectivity index (χ1n) is 9.45. The van der Waals surface area contributed by atoms with Gasteiger partial charge in [-0.2, -0.15) is 0 Å². The molecule has 0 atom stereocenters. The maximum absolute atomic E-state index is 13.8. The van der Waals surface area contributed by atoms with Crippen LogP contribution in [0.5, 0.6) is 5.75 Å². The Labute approximate surface area is 188 Å². The Morgan fingerprint density at radius 1 is 1.16 bits per heavy atom. The van der Waals surface area contributed by atoms with Gasteiger partial charge in [-0.25, -0.2) is 18.6 Å². The van der Waals surface area contributed by atoms with E-state index in [4.69, 9.17) is 9.47 Å². The third-order valence-corrected chi connectivity index (χ3v) is 5.25. The van der Waals surface area contributed by atoms with Crippen molar-refractivity contribution in [1.82, 2.24) is 14.5 Å². The lowest BCUT2D eigenvalue weighted by Gasteiger charge is -2.18. The molecule has 1 heterocycles. The highest BCUT2D eigenvalue weighted by Crippen LogP contribution is 2.23. The zero-order valence-electron chi connectivity index (χ0n) is 17.7. The minimum atomic E-state index is -0.751. The van der Waals surface area contributed by atoms with E-state index in [2.05, 4.69) is 4.98 Å². The number of rotatable bonds is 8. The maximum Gasteiger partial charge on any atom is 0.357 e. The van der Waals surface area contributed by atoms with Crippen LogP contribution in [0.4, 0.5) is 8.78 Å². The number of benzene rings is 2. The van der Waals surface area contributed by atoms with Gasteiger partial charge in [0, 0.05) is 19.3 Å². The minimum absolute atomic E-state index is 0.105. The average molecular weight is 461 g/mol. The molecule has 2 aromatic carbocycles. The van der Waals surface area contributed by atoms with Gasteiger partial charge in [-0.1, -0.05) is 17.8 Å². The number of carbonyl (C=O) groups is 2. The van der Waals surface area contributed by atoms with Crippen LogP contribution in [0.2, 0.25) is 0 Å². The zero-order chi connectivity index (χ0) is 23.3. The number of hydrogen-bond acceptors (Lipinski definition) is 6. The third kappa shape index (κ3) is 5.25.